The Hall–Kier alpha value is -9.86. The Balaban J connectivity index is 1.11. The molecule has 8 aromatic carbocycles. The second kappa shape index (κ2) is 29.9. The summed E-state index contributed by atoms with van der Waals surface area (Å²) in [5, 5.41) is 47.3. The molecule has 20 heteroatoms. The summed E-state index contributed by atoms with van der Waals surface area (Å²) in [6.07, 6.45) is -1.24. The first-order chi connectivity index (χ1) is 41.3. The highest BCUT2D eigenvalue weighted by atomic mass is 16.5. The van der Waals surface area contributed by atoms with E-state index in [9.17, 15) is 49.2 Å². The monoisotopic (exact) mass is 1160 g/mol. The quantitative estimate of drug-likeness (QED) is 0.0281. The number of carbonyl (C=O) groups is 6. The van der Waals surface area contributed by atoms with E-state index < -0.39 is 24.4 Å². The summed E-state index contributed by atoms with van der Waals surface area (Å²) < 4.78 is 58.7. The predicted octanol–water partition coefficient (Wildman–Crippen LogP) is 7.75. The number of aliphatic hydroxyl groups excluding tert-OH is 4. The lowest BCUT2D eigenvalue weighted by Crippen LogP contribution is -2.26. The molecule has 0 aliphatic carbocycles. The fourth-order valence-electron chi connectivity index (χ4n) is 8.85. The smallest absolute Gasteiger partial charge is 0.153 e. The van der Waals surface area contributed by atoms with Crippen LogP contribution >= 0.6 is 0 Å². The molecule has 4 unspecified atom stereocenters. The van der Waals surface area contributed by atoms with Gasteiger partial charge in [0.05, 0.1) is 36.5 Å². The molecule has 0 aliphatic heterocycles. The minimum absolute atomic E-state index is 0.0432. The Kier molecular flexibility index (Phi) is 21.5. The number of aldehydes is 6. The summed E-state index contributed by atoms with van der Waals surface area (Å²) in [5.74, 6) is 2.97. The van der Waals surface area contributed by atoms with Gasteiger partial charge in [-0.3, -0.25) is 28.8 Å². The molecular weight excluding hydrogens is 1100 g/mol. The van der Waals surface area contributed by atoms with Crippen LogP contribution in [-0.4, -0.2) is 150 Å². The van der Waals surface area contributed by atoms with Crippen molar-refractivity contribution in [2.24, 2.45) is 0 Å². The second-order valence-electron chi connectivity index (χ2n) is 19.2. The van der Waals surface area contributed by atoms with Crippen LogP contribution in [0.25, 0.3) is 21.5 Å². The van der Waals surface area contributed by atoms with Crippen molar-refractivity contribution in [1.29, 1.82) is 0 Å². The van der Waals surface area contributed by atoms with E-state index in [-0.39, 0.29) is 116 Å². The second-order valence-corrected chi connectivity index (χ2v) is 19.2. The minimum atomic E-state index is -1.25. The van der Waals surface area contributed by atoms with E-state index in [1.807, 2.05) is 24.3 Å². The lowest BCUT2D eigenvalue weighted by molar-refractivity contribution is 0.0615. The highest BCUT2D eigenvalue weighted by Crippen LogP contribution is 2.39. The molecule has 4 N–H and O–H groups in total. The van der Waals surface area contributed by atoms with E-state index in [0.717, 1.165) is 10.8 Å². The molecule has 8 rings (SSSR count). The number of ether oxygens (including phenoxy) is 10. The third-order valence-corrected chi connectivity index (χ3v) is 13.2. The van der Waals surface area contributed by atoms with Crippen molar-refractivity contribution in [2.45, 2.75) is 30.8 Å². The largest absolute Gasteiger partial charge is 0.497 e. The van der Waals surface area contributed by atoms with Gasteiger partial charge in [0.1, 0.15) is 147 Å². The van der Waals surface area contributed by atoms with Crippen LogP contribution in [0.5, 0.6) is 57.5 Å². The maximum absolute atomic E-state index is 11.9. The van der Waals surface area contributed by atoms with Crippen molar-refractivity contribution < 1.29 is 96.6 Å². The van der Waals surface area contributed by atoms with Gasteiger partial charge in [0.2, 0.25) is 0 Å². The molecule has 0 radical (unpaired) electrons. The van der Waals surface area contributed by atoms with Crippen molar-refractivity contribution in [2.75, 3.05) is 67.1 Å². The van der Waals surface area contributed by atoms with Gasteiger partial charge < -0.3 is 67.8 Å². The highest BCUT2D eigenvalue weighted by molar-refractivity contribution is 5.93. The maximum atomic E-state index is 11.9. The van der Waals surface area contributed by atoms with Crippen LogP contribution in [-0.2, 0) is 6.42 Å². The molecule has 0 spiro atoms. The molecule has 0 saturated carbocycles. The van der Waals surface area contributed by atoms with Crippen molar-refractivity contribution in [3.8, 4) is 57.5 Å². The van der Waals surface area contributed by atoms with Gasteiger partial charge >= 0.3 is 0 Å². The van der Waals surface area contributed by atoms with Gasteiger partial charge in [-0.25, -0.2) is 0 Å². The zero-order valence-corrected chi connectivity index (χ0v) is 46.2. The number of carbonyl (C=O) groups excluding carboxylic acids is 6. The first kappa shape index (κ1) is 61.2. The van der Waals surface area contributed by atoms with E-state index in [1.165, 1.54) is 62.8 Å². The van der Waals surface area contributed by atoms with Crippen LogP contribution in [0.2, 0.25) is 0 Å². The average Bonchev–Trinajstić information content (AvgIpc) is 3.15. The van der Waals surface area contributed by atoms with Gasteiger partial charge in [-0.2, -0.15) is 0 Å². The SMILES string of the molecule is COc1ccc(OCC(O)COc2ccc3ccc(OCC(O)COc4ccc(C=O)cc4C=O)c(Cc4c(OCC(O)COc5ccc(OC)cc5C=O)ccc5ccc(OCC(O)COc6ccc(C=O)cc6C=O)cc45)c3c2)c(C=O)c1. The van der Waals surface area contributed by atoms with Crippen LogP contribution in [0, 0.1) is 0 Å². The van der Waals surface area contributed by atoms with Gasteiger partial charge in [0.15, 0.2) is 25.1 Å². The molecule has 20 nitrogen and oxygen atoms in total. The summed E-state index contributed by atoms with van der Waals surface area (Å²) in [4.78, 5) is 69.9. The van der Waals surface area contributed by atoms with Crippen LogP contribution < -0.4 is 47.4 Å². The molecule has 0 heterocycles. The molecule has 4 atom stereocenters. The topological polar surface area (TPSA) is 276 Å². The lowest BCUT2D eigenvalue weighted by atomic mass is 9.93. The van der Waals surface area contributed by atoms with Crippen molar-refractivity contribution in [3.05, 3.63) is 178 Å². The Morgan fingerprint density at radius 1 is 0.318 bits per heavy atom. The van der Waals surface area contributed by atoms with E-state index in [1.54, 1.807) is 60.7 Å². The first-order valence-electron chi connectivity index (χ1n) is 26.6. The summed E-state index contributed by atoms with van der Waals surface area (Å²) in [6, 6.07) is 35.6. The number of methoxy groups -OCH3 is 2. The van der Waals surface area contributed by atoms with Gasteiger partial charge in [-0.15, -0.1) is 0 Å². The normalized spacial score (nSPS) is 12.4. The molecule has 0 bridgehead atoms. The molecule has 440 valence electrons. The first-order valence-corrected chi connectivity index (χ1v) is 26.6. The predicted molar refractivity (Wildman–Crippen MR) is 310 cm³/mol. The average molecular weight is 1160 g/mol. The van der Waals surface area contributed by atoms with Crippen molar-refractivity contribution >= 4 is 59.3 Å². The Morgan fingerprint density at radius 3 is 0.929 bits per heavy atom. The molecule has 0 aliphatic rings. The maximum Gasteiger partial charge on any atom is 0.153 e. The fraction of sp³-hybridized carbons (Fsp3) is 0.231. The molecule has 0 amide bonds. The van der Waals surface area contributed by atoms with E-state index >= 15 is 0 Å². The third-order valence-electron chi connectivity index (χ3n) is 13.2. The number of fused-ring (bicyclic) bond motifs is 2. The van der Waals surface area contributed by atoms with Gasteiger partial charge in [-0.05, 0) is 131 Å². The molecular formula is C65H60O20. The molecule has 0 saturated heterocycles. The molecule has 0 fully saturated rings. The number of hydrogen-bond acceptors (Lipinski definition) is 20. The minimum Gasteiger partial charge on any atom is -0.497 e. The Labute approximate surface area is 487 Å². The Morgan fingerprint density at radius 2 is 0.600 bits per heavy atom. The van der Waals surface area contributed by atoms with Gasteiger partial charge in [-0.1, -0.05) is 24.3 Å². The van der Waals surface area contributed by atoms with Crippen LogP contribution in [0.15, 0.2) is 133 Å². The van der Waals surface area contributed by atoms with E-state index in [0.29, 0.717) is 94.1 Å². The van der Waals surface area contributed by atoms with Crippen molar-refractivity contribution in [1.82, 2.24) is 0 Å². The Bertz CT molecular complexity index is 3650. The third kappa shape index (κ3) is 16.2. The summed E-state index contributed by atoms with van der Waals surface area (Å²) in [7, 11) is 2.94. The van der Waals surface area contributed by atoms with E-state index in [4.69, 9.17) is 47.4 Å². The summed E-state index contributed by atoms with van der Waals surface area (Å²) >= 11 is 0. The molecule has 0 aromatic heterocycles. The molecule has 8 aromatic rings. The number of rotatable bonds is 34. The van der Waals surface area contributed by atoms with Gasteiger partial charge in [0, 0.05) is 28.7 Å². The van der Waals surface area contributed by atoms with E-state index in [2.05, 4.69) is 0 Å². The zero-order valence-electron chi connectivity index (χ0n) is 46.2. The summed E-state index contributed by atoms with van der Waals surface area (Å²) in [5.41, 5.74) is 2.35. The lowest BCUT2D eigenvalue weighted by Gasteiger charge is -2.21. The highest BCUT2D eigenvalue weighted by Gasteiger charge is 2.22. The van der Waals surface area contributed by atoms with Crippen LogP contribution in [0.3, 0.4) is 0 Å². The molecule has 85 heavy (non-hydrogen) atoms. The zero-order chi connectivity index (χ0) is 60.2. The van der Waals surface area contributed by atoms with Crippen LogP contribution in [0.4, 0.5) is 0 Å². The number of benzene rings is 8. The standard InChI is InChI=1S/C65H60O20/c1-76-52-11-17-62(46(21-52)30-70)82-35-49(73)33-79-55-10-6-43-7-15-64(84-38-50(74)36-81-61-14-4-41(27-67)20-45(61)29-69)58(57(43)24-55)25-59-56-23-54(78-32-48(72)34-80-60-13-3-40(26-66)19-44(60)28-68)9-5-42(56)8-16-65(59)85-39-51(75)37-83-63-18-12-53(77-2)22-47(63)31-71/h3-24,26-31,48-51,72-75H,25,32-39H2,1-2H3. The number of hydrogen-bond donors (Lipinski definition) is 4. The van der Waals surface area contributed by atoms with Crippen molar-refractivity contribution in [3.63, 3.8) is 0 Å². The summed E-state index contributed by atoms with van der Waals surface area (Å²) in [6.45, 7) is -2.11. The van der Waals surface area contributed by atoms with Crippen LogP contribution in [0.1, 0.15) is 73.3 Å². The number of aliphatic hydroxyl groups is 4. The fourth-order valence-corrected chi connectivity index (χ4v) is 8.85. The van der Waals surface area contributed by atoms with Gasteiger partial charge in [0.25, 0.3) is 0 Å².